The van der Waals surface area contributed by atoms with Crippen LogP contribution in [0.2, 0.25) is 0 Å². The highest BCUT2D eigenvalue weighted by atomic mass is 32.1. The molecule has 4 heterocycles. The molecule has 5 nitrogen and oxygen atoms in total. The van der Waals surface area contributed by atoms with Crippen LogP contribution in [0.15, 0.2) is 214 Å². The summed E-state index contributed by atoms with van der Waals surface area (Å²) in [6.45, 7) is 0. The molecule has 0 radical (unpaired) electrons. The van der Waals surface area contributed by atoms with Crippen molar-refractivity contribution in [1.82, 2.24) is 10.6 Å². The normalized spacial score (nSPS) is 15.5. The van der Waals surface area contributed by atoms with Gasteiger partial charge in [0.2, 0.25) is 0 Å². The van der Waals surface area contributed by atoms with E-state index in [1.165, 1.54) is 30.9 Å². The second-order valence-electron chi connectivity index (χ2n) is 17.0. The molecule has 2 N–H and O–H groups in total. The molecule has 3 aromatic heterocycles. The van der Waals surface area contributed by atoms with Gasteiger partial charge in [0, 0.05) is 52.8 Å². The largest absolute Gasteiger partial charge is 0.456 e. The summed E-state index contributed by atoms with van der Waals surface area (Å²) in [4.78, 5) is 5.43. The smallest absolute Gasteiger partial charge is 0.143 e. The number of hydrogen-bond acceptors (Lipinski definition) is 6. The van der Waals surface area contributed by atoms with Crippen molar-refractivity contribution in [2.24, 2.45) is 4.99 Å². The summed E-state index contributed by atoms with van der Waals surface area (Å²) in [5, 5.41) is 19.4. The van der Waals surface area contributed by atoms with Gasteiger partial charge >= 0.3 is 0 Å². The molecular formula is C59H37N3O2S. The molecule has 0 aliphatic carbocycles. The van der Waals surface area contributed by atoms with E-state index in [2.05, 4.69) is 193 Å². The third-order valence-electron chi connectivity index (χ3n) is 13.4. The molecule has 13 aromatic rings. The number of furan rings is 2. The molecule has 1 aliphatic rings. The van der Waals surface area contributed by atoms with Crippen molar-refractivity contribution in [2.45, 2.75) is 12.3 Å². The summed E-state index contributed by atoms with van der Waals surface area (Å²) < 4.78 is 15.8. The van der Waals surface area contributed by atoms with Crippen LogP contribution in [0.4, 0.5) is 0 Å². The maximum Gasteiger partial charge on any atom is 0.143 e. The number of nitrogens with zero attached hydrogens (tertiary/aromatic N) is 1. The Labute approximate surface area is 376 Å². The summed E-state index contributed by atoms with van der Waals surface area (Å²) in [6.07, 6.45) is -0.550. The maximum atomic E-state index is 6.89. The van der Waals surface area contributed by atoms with Gasteiger partial charge in [0.1, 0.15) is 40.5 Å². The van der Waals surface area contributed by atoms with Crippen molar-refractivity contribution >= 4 is 103 Å². The number of nitrogens with one attached hydrogen (secondary N) is 2. The molecule has 0 spiro atoms. The van der Waals surface area contributed by atoms with Gasteiger partial charge in [-0.1, -0.05) is 146 Å². The van der Waals surface area contributed by atoms with Crippen LogP contribution >= 0.6 is 11.3 Å². The van der Waals surface area contributed by atoms with Crippen molar-refractivity contribution < 1.29 is 8.83 Å². The van der Waals surface area contributed by atoms with Gasteiger partial charge in [-0.3, -0.25) is 5.32 Å². The van der Waals surface area contributed by atoms with Gasteiger partial charge in [-0.25, -0.2) is 4.99 Å². The standard InChI is InChI=1S/C59H37N3O2S/c1-2-13-35-32-36(27-26-34(35)12-1)57-60-58(37-28-31-53-48(33-37)41-14-5-8-25-52(41)65-53)62-59(61-57)45-21-10-17-38-39(18-9-19-40(38)45)43-29-30-44(56-55(43)47-16-4-7-23-50(47)64-56)42-20-11-24-51-54(42)46-15-3-6-22-49(46)63-51/h1-33,57,59,61H,(H,60,62). The minimum atomic E-state index is -0.296. The van der Waals surface area contributed by atoms with E-state index in [0.717, 1.165) is 99.4 Å². The molecule has 0 fully saturated rings. The lowest BCUT2D eigenvalue weighted by molar-refractivity contribution is 0.411. The summed E-state index contributed by atoms with van der Waals surface area (Å²) in [6, 6.07) is 71.5. The van der Waals surface area contributed by atoms with E-state index in [0.29, 0.717) is 0 Å². The first-order valence-corrected chi connectivity index (χ1v) is 22.9. The minimum absolute atomic E-state index is 0.254. The van der Waals surface area contributed by atoms with Gasteiger partial charge in [0.25, 0.3) is 0 Å². The molecule has 306 valence electrons. The predicted molar refractivity (Wildman–Crippen MR) is 271 cm³/mol. The Morgan fingerprint density at radius 2 is 1.09 bits per heavy atom. The first-order chi connectivity index (χ1) is 32.2. The molecule has 2 unspecified atom stereocenters. The van der Waals surface area contributed by atoms with Crippen molar-refractivity contribution in [3.63, 3.8) is 0 Å². The first kappa shape index (κ1) is 36.5. The second-order valence-corrected chi connectivity index (χ2v) is 18.1. The van der Waals surface area contributed by atoms with Crippen LogP contribution in [0, 0.1) is 0 Å². The number of amidine groups is 1. The monoisotopic (exact) mass is 851 g/mol. The summed E-state index contributed by atoms with van der Waals surface area (Å²) in [5.41, 5.74) is 11.2. The number of para-hydroxylation sites is 2. The minimum Gasteiger partial charge on any atom is -0.456 e. The average Bonchev–Trinajstić information content (AvgIpc) is 4.07. The van der Waals surface area contributed by atoms with E-state index < -0.39 is 0 Å². The van der Waals surface area contributed by atoms with E-state index in [-0.39, 0.29) is 12.3 Å². The Hall–Kier alpha value is -8.03. The molecule has 10 aromatic carbocycles. The van der Waals surface area contributed by atoms with Gasteiger partial charge in [-0.05, 0) is 104 Å². The number of hydrogen-bond donors (Lipinski definition) is 2. The lowest BCUT2D eigenvalue weighted by Crippen LogP contribution is -2.45. The molecule has 2 atom stereocenters. The Kier molecular flexibility index (Phi) is 7.99. The van der Waals surface area contributed by atoms with Crippen LogP contribution in [0.1, 0.15) is 29.0 Å². The molecule has 1 aliphatic heterocycles. The number of thiophene rings is 1. The average molecular weight is 852 g/mol. The Morgan fingerprint density at radius 3 is 2.00 bits per heavy atom. The summed E-state index contributed by atoms with van der Waals surface area (Å²) in [7, 11) is 0. The predicted octanol–water partition coefficient (Wildman–Crippen LogP) is 15.8. The zero-order valence-corrected chi connectivity index (χ0v) is 35.7. The zero-order valence-electron chi connectivity index (χ0n) is 34.9. The fraction of sp³-hybridized carbons (Fsp3) is 0.0339. The summed E-state index contributed by atoms with van der Waals surface area (Å²) >= 11 is 1.83. The quantitative estimate of drug-likeness (QED) is 0.181. The number of benzene rings is 10. The van der Waals surface area contributed by atoms with E-state index in [4.69, 9.17) is 13.8 Å². The zero-order chi connectivity index (χ0) is 42.6. The Bertz CT molecular complexity index is 4120. The molecule has 6 heteroatoms. The molecule has 0 bridgehead atoms. The molecule has 65 heavy (non-hydrogen) atoms. The lowest BCUT2D eigenvalue weighted by Gasteiger charge is -2.33. The topological polar surface area (TPSA) is 62.7 Å². The highest BCUT2D eigenvalue weighted by molar-refractivity contribution is 7.25. The van der Waals surface area contributed by atoms with Crippen LogP contribution in [0.25, 0.3) is 108 Å². The van der Waals surface area contributed by atoms with Gasteiger partial charge in [0.05, 0.1) is 0 Å². The van der Waals surface area contributed by atoms with Gasteiger partial charge < -0.3 is 14.2 Å². The number of aliphatic imine (C=N–C) groups is 1. The maximum absolute atomic E-state index is 6.89. The number of rotatable bonds is 5. The Balaban J connectivity index is 0.933. The van der Waals surface area contributed by atoms with Crippen LogP contribution in [-0.2, 0) is 0 Å². The van der Waals surface area contributed by atoms with E-state index in [9.17, 15) is 0 Å². The lowest BCUT2D eigenvalue weighted by atomic mass is 9.89. The van der Waals surface area contributed by atoms with Crippen LogP contribution < -0.4 is 10.6 Å². The molecule has 14 rings (SSSR count). The SMILES string of the molecule is c1ccc2cc(C3N=C(c4ccc5sc6ccccc6c5c4)NC(c4cccc5c(-c6ccc(-c7cccc8oc9ccccc9c78)c7oc8ccccc8c67)cccc45)N3)ccc2c1. The summed E-state index contributed by atoms with van der Waals surface area (Å²) in [5.74, 6) is 0.861. The third-order valence-corrected chi connectivity index (χ3v) is 14.5. The van der Waals surface area contributed by atoms with E-state index in [1.807, 2.05) is 29.5 Å². The van der Waals surface area contributed by atoms with Crippen molar-refractivity contribution in [1.29, 1.82) is 0 Å². The molecule has 0 saturated heterocycles. The second kappa shape index (κ2) is 14.2. The third kappa shape index (κ3) is 5.71. The van der Waals surface area contributed by atoms with E-state index in [1.54, 1.807) is 0 Å². The van der Waals surface area contributed by atoms with Crippen molar-refractivity contribution in [3.8, 4) is 22.3 Å². The van der Waals surface area contributed by atoms with Gasteiger partial charge in [0.15, 0.2) is 0 Å². The molecular weight excluding hydrogens is 815 g/mol. The van der Waals surface area contributed by atoms with Crippen LogP contribution in [-0.4, -0.2) is 5.84 Å². The van der Waals surface area contributed by atoms with Crippen molar-refractivity contribution in [3.05, 3.63) is 217 Å². The van der Waals surface area contributed by atoms with Gasteiger partial charge in [-0.15, -0.1) is 11.3 Å². The highest BCUT2D eigenvalue weighted by Gasteiger charge is 2.28. The fourth-order valence-electron chi connectivity index (χ4n) is 10.4. The molecule has 0 amide bonds. The fourth-order valence-corrected chi connectivity index (χ4v) is 11.5. The van der Waals surface area contributed by atoms with Crippen LogP contribution in [0.3, 0.4) is 0 Å². The Morgan fingerprint density at radius 1 is 0.431 bits per heavy atom. The highest BCUT2D eigenvalue weighted by Crippen LogP contribution is 2.46. The number of fused-ring (bicyclic) bond motifs is 11. The van der Waals surface area contributed by atoms with Crippen molar-refractivity contribution in [2.75, 3.05) is 0 Å². The van der Waals surface area contributed by atoms with Gasteiger partial charge in [-0.2, -0.15) is 0 Å². The van der Waals surface area contributed by atoms with E-state index >= 15 is 0 Å². The first-order valence-electron chi connectivity index (χ1n) is 22.1. The van der Waals surface area contributed by atoms with Crippen LogP contribution in [0.5, 0.6) is 0 Å². The molecule has 0 saturated carbocycles.